The van der Waals surface area contributed by atoms with Crippen LogP contribution in [0, 0.1) is 26.7 Å². The molecule has 0 fully saturated rings. The van der Waals surface area contributed by atoms with Crippen molar-refractivity contribution in [3.63, 3.8) is 0 Å². The summed E-state index contributed by atoms with van der Waals surface area (Å²) in [5.41, 5.74) is 5.57. The molecule has 196 valence electrons. The zero-order valence-corrected chi connectivity index (χ0v) is 23.6. The van der Waals surface area contributed by atoms with Gasteiger partial charge in [-0.05, 0) is 62.6 Å². The minimum absolute atomic E-state index is 0.0992. The first-order valence-electron chi connectivity index (χ1n) is 12.4. The summed E-state index contributed by atoms with van der Waals surface area (Å²) >= 11 is 1.30. The first-order valence-corrected chi connectivity index (χ1v) is 13.4. The topological polar surface area (TPSA) is 78.4 Å². The largest absolute Gasteiger partial charge is 0.378 e. The van der Waals surface area contributed by atoms with Crippen molar-refractivity contribution in [1.82, 2.24) is 14.9 Å². The van der Waals surface area contributed by atoms with E-state index < -0.39 is 6.04 Å². The lowest BCUT2D eigenvalue weighted by Crippen LogP contribution is -2.50. The summed E-state index contributed by atoms with van der Waals surface area (Å²) in [6.45, 7) is 10.1. The second-order valence-electron chi connectivity index (χ2n) is 9.85. The van der Waals surface area contributed by atoms with Crippen molar-refractivity contribution >= 4 is 35.0 Å². The summed E-state index contributed by atoms with van der Waals surface area (Å²) in [5, 5.41) is 3.59. The minimum Gasteiger partial charge on any atom is -0.378 e. The lowest BCUT2D eigenvalue weighted by atomic mass is 10.00. The van der Waals surface area contributed by atoms with Crippen molar-refractivity contribution < 1.29 is 9.59 Å². The third-order valence-corrected chi connectivity index (χ3v) is 6.80. The Labute approximate surface area is 224 Å². The second kappa shape index (κ2) is 12.7. The maximum absolute atomic E-state index is 13.6. The van der Waals surface area contributed by atoms with Crippen molar-refractivity contribution in [2.75, 3.05) is 30.1 Å². The first kappa shape index (κ1) is 28.2. The predicted octanol–water partition coefficient (Wildman–Crippen LogP) is 5.25. The van der Waals surface area contributed by atoms with Crippen molar-refractivity contribution in [3.05, 3.63) is 77.1 Å². The van der Waals surface area contributed by atoms with Crippen molar-refractivity contribution in [2.45, 2.75) is 52.4 Å². The molecule has 0 spiro atoms. The smallest absolute Gasteiger partial charge is 0.247 e. The highest BCUT2D eigenvalue weighted by molar-refractivity contribution is 7.99. The summed E-state index contributed by atoms with van der Waals surface area (Å²) < 4.78 is 0. The van der Waals surface area contributed by atoms with E-state index >= 15 is 0 Å². The van der Waals surface area contributed by atoms with Gasteiger partial charge < -0.3 is 15.1 Å². The van der Waals surface area contributed by atoms with Crippen LogP contribution in [0.3, 0.4) is 0 Å². The van der Waals surface area contributed by atoms with E-state index in [1.165, 1.54) is 11.8 Å². The number of nitrogens with one attached hydrogen (secondary N) is 1. The quantitative estimate of drug-likeness (QED) is 0.291. The molecule has 3 rings (SSSR count). The molecule has 0 aliphatic carbocycles. The number of hydrogen-bond acceptors (Lipinski definition) is 6. The van der Waals surface area contributed by atoms with E-state index in [4.69, 9.17) is 0 Å². The lowest BCUT2D eigenvalue weighted by Gasteiger charge is -2.33. The van der Waals surface area contributed by atoms with Crippen molar-refractivity contribution in [3.8, 4) is 0 Å². The van der Waals surface area contributed by atoms with E-state index in [0.717, 1.165) is 28.2 Å². The normalized spacial score (nSPS) is 11.8. The molecule has 7 nitrogen and oxygen atoms in total. The summed E-state index contributed by atoms with van der Waals surface area (Å²) in [6, 6.07) is 17.0. The standard InChI is InChI=1S/C29H37N5O2S/c1-19(2)27(28(36)32-24-12-14-25(15-13-24)33(6)7)34(17-23-10-8-20(3)9-11-23)26(35)18-37-29-30-21(4)16-22(5)31-29/h8-16,19,27H,17-18H2,1-7H3,(H,32,36). The molecule has 1 N–H and O–H groups in total. The van der Waals surface area contributed by atoms with Crippen LogP contribution in [0.15, 0.2) is 59.8 Å². The Morgan fingerprint density at radius 3 is 2.05 bits per heavy atom. The molecule has 1 heterocycles. The molecule has 3 aromatic rings. The zero-order chi connectivity index (χ0) is 27.1. The van der Waals surface area contributed by atoms with Gasteiger partial charge in [-0.1, -0.05) is 55.4 Å². The number of hydrogen-bond donors (Lipinski definition) is 1. The van der Waals surface area contributed by atoms with Crippen LogP contribution in [0.25, 0.3) is 0 Å². The van der Waals surface area contributed by atoms with E-state index in [9.17, 15) is 9.59 Å². The molecule has 2 aromatic carbocycles. The fraction of sp³-hybridized carbons (Fsp3) is 0.379. The molecule has 1 atom stereocenters. The maximum atomic E-state index is 13.6. The van der Waals surface area contributed by atoms with Crippen LogP contribution in [0.2, 0.25) is 0 Å². The number of anilines is 2. The van der Waals surface area contributed by atoms with E-state index in [1.54, 1.807) is 4.90 Å². The Balaban J connectivity index is 1.85. The Hall–Kier alpha value is -3.39. The number of carbonyl (C=O) groups is 2. The van der Waals surface area contributed by atoms with Gasteiger partial charge in [0, 0.05) is 43.4 Å². The Morgan fingerprint density at radius 2 is 1.51 bits per heavy atom. The van der Waals surface area contributed by atoms with Crippen molar-refractivity contribution in [1.29, 1.82) is 0 Å². The van der Waals surface area contributed by atoms with Crippen LogP contribution >= 0.6 is 11.8 Å². The molecule has 2 amide bonds. The lowest BCUT2D eigenvalue weighted by molar-refractivity contribution is -0.138. The van der Waals surface area contributed by atoms with Crippen LogP contribution < -0.4 is 10.2 Å². The molecule has 0 radical (unpaired) electrons. The van der Waals surface area contributed by atoms with Gasteiger partial charge in [-0.15, -0.1) is 0 Å². The van der Waals surface area contributed by atoms with Crippen molar-refractivity contribution in [2.24, 2.45) is 5.92 Å². The molecule has 0 aliphatic rings. The summed E-state index contributed by atoms with van der Waals surface area (Å²) in [6.07, 6.45) is 0. The van der Waals surface area contributed by atoms with Gasteiger partial charge in [0.1, 0.15) is 6.04 Å². The summed E-state index contributed by atoms with van der Waals surface area (Å²) in [4.78, 5) is 39.8. The molecule has 0 saturated carbocycles. The number of thioether (sulfide) groups is 1. The third kappa shape index (κ3) is 8.05. The van der Waals surface area contributed by atoms with E-state index in [2.05, 4.69) is 15.3 Å². The number of benzene rings is 2. The highest BCUT2D eigenvalue weighted by atomic mass is 32.2. The fourth-order valence-electron chi connectivity index (χ4n) is 4.06. The van der Waals surface area contributed by atoms with Crippen LogP contribution in [-0.4, -0.2) is 52.6 Å². The molecule has 37 heavy (non-hydrogen) atoms. The van der Waals surface area contributed by atoms with Gasteiger partial charge in [-0.25, -0.2) is 9.97 Å². The van der Waals surface area contributed by atoms with E-state index in [0.29, 0.717) is 17.4 Å². The molecule has 0 aliphatic heterocycles. The van der Waals surface area contributed by atoms with Crippen LogP contribution in [-0.2, 0) is 16.1 Å². The highest BCUT2D eigenvalue weighted by Crippen LogP contribution is 2.23. The number of rotatable bonds is 10. The van der Waals surface area contributed by atoms with Gasteiger partial charge in [-0.2, -0.15) is 0 Å². The second-order valence-corrected chi connectivity index (χ2v) is 10.8. The van der Waals surface area contributed by atoms with Gasteiger partial charge in [0.15, 0.2) is 5.16 Å². The summed E-state index contributed by atoms with van der Waals surface area (Å²) in [5.74, 6) is -0.299. The van der Waals surface area contributed by atoms with Gasteiger partial charge in [0.05, 0.1) is 5.75 Å². The average Bonchev–Trinajstić information content (AvgIpc) is 2.83. The molecule has 0 saturated heterocycles. The molecular weight excluding hydrogens is 482 g/mol. The zero-order valence-electron chi connectivity index (χ0n) is 22.8. The summed E-state index contributed by atoms with van der Waals surface area (Å²) in [7, 11) is 3.94. The maximum Gasteiger partial charge on any atom is 0.247 e. The van der Waals surface area contributed by atoms with Gasteiger partial charge in [-0.3, -0.25) is 9.59 Å². The predicted molar refractivity (Wildman–Crippen MR) is 152 cm³/mol. The minimum atomic E-state index is -0.650. The number of amides is 2. The molecule has 1 aromatic heterocycles. The molecular formula is C29H37N5O2S. The Bertz CT molecular complexity index is 1190. The monoisotopic (exact) mass is 519 g/mol. The third-order valence-electron chi connectivity index (χ3n) is 5.97. The van der Waals surface area contributed by atoms with Gasteiger partial charge in [0.2, 0.25) is 11.8 Å². The van der Waals surface area contributed by atoms with E-state index in [-0.39, 0.29) is 23.5 Å². The number of carbonyl (C=O) groups excluding carboxylic acids is 2. The SMILES string of the molecule is Cc1ccc(CN(C(=O)CSc2nc(C)cc(C)n2)C(C(=O)Nc2ccc(N(C)C)cc2)C(C)C)cc1. The number of nitrogens with zero attached hydrogens (tertiary/aromatic N) is 4. The number of aromatic nitrogens is 2. The van der Waals surface area contributed by atoms with Crippen LogP contribution in [0.4, 0.5) is 11.4 Å². The Morgan fingerprint density at radius 1 is 0.919 bits per heavy atom. The molecule has 0 bridgehead atoms. The fourth-order valence-corrected chi connectivity index (χ4v) is 4.90. The highest BCUT2D eigenvalue weighted by Gasteiger charge is 2.33. The van der Waals surface area contributed by atoms with E-state index in [1.807, 2.05) is 108 Å². The molecule has 8 heteroatoms. The average molecular weight is 520 g/mol. The number of aryl methyl sites for hydroxylation is 3. The van der Waals surface area contributed by atoms with Gasteiger partial charge in [0.25, 0.3) is 0 Å². The van der Waals surface area contributed by atoms with Gasteiger partial charge >= 0.3 is 0 Å². The molecule has 1 unspecified atom stereocenters. The Kier molecular flexibility index (Phi) is 9.69. The van der Waals surface area contributed by atoms with Crippen LogP contribution in [0.5, 0.6) is 0 Å². The first-order chi connectivity index (χ1) is 17.5. The van der Waals surface area contributed by atoms with Crippen LogP contribution in [0.1, 0.15) is 36.4 Å².